The Morgan fingerprint density at radius 3 is 2.59 bits per heavy atom. The topological polar surface area (TPSA) is 12.0 Å². The third-order valence-corrected chi connectivity index (χ3v) is 2.95. The van der Waals surface area contributed by atoms with E-state index >= 15 is 0 Å². The SMILES string of the molecule is CCCNC(CC)CCc1ccc(F)cc1F. The zero-order valence-electron chi connectivity index (χ0n) is 10.6. The van der Waals surface area contributed by atoms with Crippen LogP contribution >= 0.6 is 0 Å². The summed E-state index contributed by atoms with van der Waals surface area (Å²) in [5.41, 5.74) is 0.600. The van der Waals surface area contributed by atoms with Gasteiger partial charge in [0.15, 0.2) is 0 Å². The van der Waals surface area contributed by atoms with Gasteiger partial charge in [-0.3, -0.25) is 0 Å². The summed E-state index contributed by atoms with van der Waals surface area (Å²) in [6, 6.07) is 4.23. The number of nitrogens with one attached hydrogen (secondary N) is 1. The van der Waals surface area contributed by atoms with Crippen molar-refractivity contribution in [3.8, 4) is 0 Å². The first kappa shape index (κ1) is 14.1. The number of halogens is 2. The molecule has 1 rings (SSSR count). The van der Waals surface area contributed by atoms with Crippen LogP contribution in [0.3, 0.4) is 0 Å². The van der Waals surface area contributed by atoms with Crippen LogP contribution in [0.15, 0.2) is 18.2 Å². The van der Waals surface area contributed by atoms with Crippen LogP contribution in [-0.4, -0.2) is 12.6 Å². The monoisotopic (exact) mass is 241 g/mol. The van der Waals surface area contributed by atoms with Gasteiger partial charge in [0.05, 0.1) is 0 Å². The normalized spacial score (nSPS) is 12.7. The smallest absolute Gasteiger partial charge is 0.129 e. The van der Waals surface area contributed by atoms with Gasteiger partial charge in [-0.05, 0) is 43.9 Å². The zero-order chi connectivity index (χ0) is 12.7. The van der Waals surface area contributed by atoms with E-state index < -0.39 is 11.6 Å². The molecule has 1 nitrogen and oxygen atoms in total. The molecule has 0 aliphatic carbocycles. The van der Waals surface area contributed by atoms with Crippen molar-refractivity contribution in [3.05, 3.63) is 35.4 Å². The maximum absolute atomic E-state index is 13.4. The van der Waals surface area contributed by atoms with Crippen molar-refractivity contribution >= 4 is 0 Å². The lowest BCUT2D eigenvalue weighted by Gasteiger charge is -2.16. The van der Waals surface area contributed by atoms with Gasteiger partial charge in [-0.25, -0.2) is 8.78 Å². The number of benzene rings is 1. The molecule has 0 saturated carbocycles. The molecule has 0 amide bonds. The number of hydrogen-bond donors (Lipinski definition) is 1. The minimum absolute atomic E-state index is 0.416. The molecule has 0 radical (unpaired) electrons. The van der Waals surface area contributed by atoms with E-state index in [4.69, 9.17) is 0 Å². The largest absolute Gasteiger partial charge is 0.314 e. The summed E-state index contributed by atoms with van der Waals surface area (Å²) < 4.78 is 26.1. The first-order chi connectivity index (χ1) is 8.17. The van der Waals surface area contributed by atoms with Gasteiger partial charge in [-0.15, -0.1) is 0 Å². The van der Waals surface area contributed by atoms with Gasteiger partial charge >= 0.3 is 0 Å². The number of hydrogen-bond acceptors (Lipinski definition) is 1. The molecule has 96 valence electrons. The molecule has 0 aliphatic heterocycles. The second-order valence-corrected chi connectivity index (χ2v) is 4.33. The zero-order valence-corrected chi connectivity index (χ0v) is 10.6. The van der Waals surface area contributed by atoms with Crippen LogP contribution < -0.4 is 5.32 Å². The van der Waals surface area contributed by atoms with Gasteiger partial charge in [0.2, 0.25) is 0 Å². The van der Waals surface area contributed by atoms with E-state index in [1.165, 1.54) is 12.1 Å². The highest BCUT2D eigenvalue weighted by Crippen LogP contribution is 2.13. The summed E-state index contributed by atoms with van der Waals surface area (Å²) >= 11 is 0. The first-order valence-electron chi connectivity index (χ1n) is 6.34. The standard InChI is InChI=1S/C14H21F2N/c1-3-9-17-13(4-2)8-6-11-5-7-12(15)10-14(11)16/h5,7,10,13,17H,3-4,6,8-9H2,1-2H3. The van der Waals surface area contributed by atoms with Crippen molar-refractivity contribution < 1.29 is 8.78 Å². The minimum atomic E-state index is -0.512. The molecule has 0 bridgehead atoms. The second kappa shape index (κ2) is 7.38. The van der Waals surface area contributed by atoms with E-state index in [1.54, 1.807) is 0 Å². The maximum Gasteiger partial charge on any atom is 0.129 e. The van der Waals surface area contributed by atoms with Gasteiger partial charge in [-0.2, -0.15) is 0 Å². The molecule has 3 heteroatoms. The van der Waals surface area contributed by atoms with E-state index in [0.717, 1.165) is 31.9 Å². The molecule has 17 heavy (non-hydrogen) atoms. The molecule has 1 aromatic rings. The predicted molar refractivity (Wildman–Crippen MR) is 67.1 cm³/mol. The summed E-state index contributed by atoms with van der Waals surface area (Å²) in [5.74, 6) is -0.947. The summed E-state index contributed by atoms with van der Waals surface area (Å²) in [6.45, 7) is 5.23. The number of aryl methyl sites for hydroxylation is 1. The van der Waals surface area contributed by atoms with E-state index in [0.29, 0.717) is 18.0 Å². The first-order valence-corrected chi connectivity index (χ1v) is 6.34. The molecular formula is C14H21F2N. The molecule has 0 aromatic heterocycles. The Hall–Kier alpha value is -0.960. The van der Waals surface area contributed by atoms with Crippen molar-refractivity contribution in [2.75, 3.05) is 6.54 Å². The Morgan fingerprint density at radius 2 is 2.00 bits per heavy atom. The van der Waals surface area contributed by atoms with E-state index in [-0.39, 0.29) is 0 Å². The van der Waals surface area contributed by atoms with Gasteiger partial charge < -0.3 is 5.32 Å². The highest BCUT2D eigenvalue weighted by atomic mass is 19.1. The van der Waals surface area contributed by atoms with E-state index in [1.807, 2.05) is 0 Å². The van der Waals surface area contributed by atoms with Crippen LogP contribution in [0.2, 0.25) is 0 Å². The minimum Gasteiger partial charge on any atom is -0.314 e. The molecule has 1 unspecified atom stereocenters. The van der Waals surface area contributed by atoms with Gasteiger partial charge in [0, 0.05) is 12.1 Å². The van der Waals surface area contributed by atoms with Crippen LogP contribution in [0, 0.1) is 11.6 Å². The Balaban J connectivity index is 2.47. The lowest BCUT2D eigenvalue weighted by atomic mass is 10.0. The summed E-state index contributed by atoms with van der Waals surface area (Å²) in [4.78, 5) is 0. The van der Waals surface area contributed by atoms with Crippen LogP contribution in [-0.2, 0) is 6.42 Å². The van der Waals surface area contributed by atoms with Crippen molar-refractivity contribution in [3.63, 3.8) is 0 Å². The van der Waals surface area contributed by atoms with Crippen molar-refractivity contribution in [1.82, 2.24) is 5.32 Å². The summed E-state index contributed by atoms with van der Waals surface area (Å²) in [5, 5.41) is 3.42. The fourth-order valence-electron chi connectivity index (χ4n) is 1.85. The van der Waals surface area contributed by atoms with Gasteiger partial charge in [-0.1, -0.05) is 19.9 Å². The highest BCUT2D eigenvalue weighted by molar-refractivity contribution is 5.18. The average Bonchev–Trinajstić information content (AvgIpc) is 2.31. The summed E-state index contributed by atoms with van der Waals surface area (Å²) in [6.07, 6.45) is 3.67. The van der Waals surface area contributed by atoms with Crippen LogP contribution in [0.1, 0.15) is 38.7 Å². The van der Waals surface area contributed by atoms with Crippen LogP contribution in [0.25, 0.3) is 0 Å². The molecular weight excluding hydrogens is 220 g/mol. The van der Waals surface area contributed by atoms with Crippen LogP contribution in [0.4, 0.5) is 8.78 Å². The molecule has 0 aliphatic rings. The Labute approximate surface area is 102 Å². The maximum atomic E-state index is 13.4. The Morgan fingerprint density at radius 1 is 1.24 bits per heavy atom. The molecule has 0 heterocycles. The van der Waals surface area contributed by atoms with Crippen LogP contribution in [0.5, 0.6) is 0 Å². The van der Waals surface area contributed by atoms with Crippen molar-refractivity contribution in [1.29, 1.82) is 0 Å². The van der Waals surface area contributed by atoms with E-state index in [2.05, 4.69) is 19.2 Å². The molecule has 1 aromatic carbocycles. The molecule has 0 saturated heterocycles. The second-order valence-electron chi connectivity index (χ2n) is 4.33. The third kappa shape index (κ3) is 4.82. The average molecular weight is 241 g/mol. The lowest BCUT2D eigenvalue weighted by molar-refractivity contribution is 0.463. The third-order valence-electron chi connectivity index (χ3n) is 2.95. The fourth-order valence-corrected chi connectivity index (χ4v) is 1.85. The predicted octanol–water partition coefficient (Wildman–Crippen LogP) is 3.68. The number of rotatable bonds is 7. The van der Waals surface area contributed by atoms with E-state index in [9.17, 15) is 8.78 Å². The van der Waals surface area contributed by atoms with Gasteiger partial charge in [0.1, 0.15) is 11.6 Å². The molecule has 0 spiro atoms. The Bertz CT molecular complexity index is 339. The fraction of sp³-hybridized carbons (Fsp3) is 0.571. The molecule has 1 atom stereocenters. The molecule has 1 N–H and O–H groups in total. The lowest BCUT2D eigenvalue weighted by Crippen LogP contribution is -2.29. The quantitative estimate of drug-likeness (QED) is 0.768. The highest BCUT2D eigenvalue weighted by Gasteiger charge is 2.08. The Kier molecular flexibility index (Phi) is 6.12. The van der Waals surface area contributed by atoms with Crippen molar-refractivity contribution in [2.45, 2.75) is 45.6 Å². The van der Waals surface area contributed by atoms with Crippen molar-refractivity contribution in [2.24, 2.45) is 0 Å². The summed E-state index contributed by atoms with van der Waals surface area (Å²) in [7, 11) is 0. The molecule has 0 fully saturated rings. The van der Waals surface area contributed by atoms with Gasteiger partial charge in [0.25, 0.3) is 0 Å².